The largest absolute Gasteiger partial charge is 0.480 e. The summed E-state index contributed by atoms with van der Waals surface area (Å²) in [4.78, 5) is 10.8. The molecule has 0 heterocycles. The Morgan fingerprint density at radius 3 is 2.40 bits per heavy atom. The third-order valence-electron chi connectivity index (χ3n) is 2.48. The van der Waals surface area contributed by atoms with E-state index in [1.54, 1.807) is 0 Å². The number of aliphatic hydroxyl groups excluding tert-OH is 1. The number of sulfonamides is 1. The number of hydrogen-bond acceptors (Lipinski definition) is 5. The van der Waals surface area contributed by atoms with Gasteiger partial charge in [0.2, 0.25) is 10.0 Å². The van der Waals surface area contributed by atoms with Gasteiger partial charge in [-0.1, -0.05) is 12.1 Å². The molecule has 0 aliphatic rings. The molecule has 0 amide bonds. The lowest BCUT2D eigenvalue weighted by molar-refractivity contribution is -0.139. The predicted molar refractivity (Wildman–Crippen MR) is 70.0 cm³/mol. The van der Waals surface area contributed by atoms with Crippen molar-refractivity contribution in [1.29, 1.82) is 5.26 Å². The Balaban J connectivity index is 2.78. The zero-order chi connectivity index (χ0) is 15.2. The van der Waals surface area contributed by atoms with Crippen LogP contribution < -0.4 is 4.72 Å². The average Bonchev–Trinajstić information content (AvgIpc) is 2.38. The summed E-state index contributed by atoms with van der Waals surface area (Å²) in [7, 11) is -3.85. The Morgan fingerprint density at radius 2 is 1.95 bits per heavy atom. The second kappa shape index (κ2) is 7.00. The van der Waals surface area contributed by atoms with Gasteiger partial charge in [-0.2, -0.15) is 5.26 Å². The van der Waals surface area contributed by atoms with Crippen molar-refractivity contribution in [3.05, 3.63) is 35.4 Å². The maximum absolute atomic E-state index is 11.8. The number of carbonyl (C=O) groups is 1. The van der Waals surface area contributed by atoms with Gasteiger partial charge in [0, 0.05) is 6.61 Å². The average molecular weight is 298 g/mol. The summed E-state index contributed by atoms with van der Waals surface area (Å²) in [5, 5.41) is 26.2. The van der Waals surface area contributed by atoms with Crippen molar-refractivity contribution in [2.24, 2.45) is 0 Å². The summed E-state index contributed by atoms with van der Waals surface area (Å²) in [6, 6.07) is 6.48. The first-order valence-electron chi connectivity index (χ1n) is 5.70. The normalized spacial score (nSPS) is 12.6. The van der Waals surface area contributed by atoms with Crippen LogP contribution in [0.3, 0.4) is 0 Å². The second-order valence-corrected chi connectivity index (χ2v) is 5.84. The molecule has 0 saturated carbocycles. The molecule has 0 bridgehead atoms. The highest BCUT2D eigenvalue weighted by molar-refractivity contribution is 7.88. The van der Waals surface area contributed by atoms with E-state index in [1.165, 1.54) is 24.3 Å². The first kappa shape index (κ1) is 16.1. The fourth-order valence-corrected chi connectivity index (χ4v) is 2.88. The molecule has 0 saturated heterocycles. The van der Waals surface area contributed by atoms with E-state index in [-0.39, 0.29) is 6.42 Å². The number of aliphatic carboxylic acids is 1. The van der Waals surface area contributed by atoms with Gasteiger partial charge in [-0.3, -0.25) is 4.79 Å². The second-order valence-electron chi connectivity index (χ2n) is 4.09. The minimum atomic E-state index is -3.85. The van der Waals surface area contributed by atoms with E-state index in [0.29, 0.717) is 11.1 Å². The summed E-state index contributed by atoms with van der Waals surface area (Å²) >= 11 is 0. The lowest BCUT2D eigenvalue weighted by Crippen LogP contribution is -2.41. The number of carboxylic acid groups (broad SMARTS) is 1. The van der Waals surface area contributed by atoms with Crippen LogP contribution in [0.2, 0.25) is 0 Å². The molecule has 1 rings (SSSR count). The van der Waals surface area contributed by atoms with Crippen molar-refractivity contribution in [2.75, 3.05) is 6.61 Å². The molecule has 1 aromatic rings. The summed E-state index contributed by atoms with van der Waals surface area (Å²) in [6.07, 6.45) is -0.206. The van der Waals surface area contributed by atoms with Crippen molar-refractivity contribution in [3.8, 4) is 6.07 Å². The number of nitrogens with one attached hydrogen (secondary N) is 1. The molecule has 20 heavy (non-hydrogen) atoms. The van der Waals surface area contributed by atoms with Gasteiger partial charge >= 0.3 is 5.97 Å². The van der Waals surface area contributed by atoms with E-state index >= 15 is 0 Å². The summed E-state index contributed by atoms with van der Waals surface area (Å²) in [5.74, 6) is -1.74. The Hall–Kier alpha value is -1.95. The first-order valence-corrected chi connectivity index (χ1v) is 7.36. The van der Waals surface area contributed by atoms with Crippen LogP contribution in [-0.4, -0.2) is 37.2 Å². The molecule has 7 nitrogen and oxygen atoms in total. The van der Waals surface area contributed by atoms with Gasteiger partial charge in [0.05, 0.1) is 17.4 Å². The van der Waals surface area contributed by atoms with E-state index in [1.807, 2.05) is 10.8 Å². The standard InChI is InChI=1S/C12H14N2O5S/c13-7-9-1-3-10(4-2-9)8-20(18,19)14-11(5-6-15)12(16)17/h1-4,11,14-15H,5-6,8H2,(H,16,17)/t11-/m1/s1. The van der Waals surface area contributed by atoms with E-state index in [0.717, 1.165) is 0 Å². The summed E-state index contributed by atoms with van der Waals surface area (Å²) in [5.41, 5.74) is 0.840. The fourth-order valence-electron chi connectivity index (χ4n) is 1.52. The smallest absolute Gasteiger partial charge is 0.321 e. The highest BCUT2D eigenvalue weighted by Gasteiger charge is 2.23. The van der Waals surface area contributed by atoms with Crippen molar-refractivity contribution >= 4 is 16.0 Å². The van der Waals surface area contributed by atoms with E-state index in [2.05, 4.69) is 0 Å². The van der Waals surface area contributed by atoms with Gasteiger partial charge in [-0.25, -0.2) is 13.1 Å². The van der Waals surface area contributed by atoms with E-state index in [4.69, 9.17) is 15.5 Å². The van der Waals surface area contributed by atoms with E-state index in [9.17, 15) is 13.2 Å². The van der Waals surface area contributed by atoms with Crippen LogP contribution in [0.15, 0.2) is 24.3 Å². The molecule has 0 fully saturated rings. The van der Waals surface area contributed by atoms with Gasteiger partial charge < -0.3 is 10.2 Å². The molecule has 1 aromatic carbocycles. The summed E-state index contributed by atoms with van der Waals surface area (Å²) in [6.45, 7) is -0.434. The number of hydrogen-bond donors (Lipinski definition) is 3. The minimum absolute atomic E-state index is 0.206. The number of nitrogens with zero attached hydrogens (tertiary/aromatic N) is 1. The Kier molecular flexibility index (Phi) is 5.64. The topological polar surface area (TPSA) is 127 Å². The molecular weight excluding hydrogens is 284 g/mol. The van der Waals surface area contributed by atoms with Gasteiger partial charge in [0.15, 0.2) is 0 Å². The molecule has 1 atom stereocenters. The Morgan fingerprint density at radius 1 is 1.35 bits per heavy atom. The number of nitriles is 1. The number of rotatable bonds is 7. The maximum atomic E-state index is 11.8. The van der Waals surface area contributed by atoms with Crippen LogP contribution in [0.5, 0.6) is 0 Å². The van der Waals surface area contributed by atoms with Crippen molar-refractivity contribution < 1.29 is 23.4 Å². The number of aliphatic hydroxyl groups is 1. The van der Waals surface area contributed by atoms with Crippen molar-refractivity contribution in [1.82, 2.24) is 4.72 Å². The Bertz CT molecular complexity index is 604. The first-order chi connectivity index (χ1) is 9.38. The van der Waals surface area contributed by atoms with Crippen LogP contribution in [0.25, 0.3) is 0 Å². The van der Waals surface area contributed by atoms with Crippen LogP contribution >= 0.6 is 0 Å². The molecule has 0 aromatic heterocycles. The van der Waals surface area contributed by atoms with Crippen LogP contribution in [0.4, 0.5) is 0 Å². The maximum Gasteiger partial charge on any atom is 0.321 e. The zero-order valence-electron chi connectivity index (χ0n) is 10.5. The van der Waals surface area contributed by atoms with Gasteiger partial charge in [-0.15, -0.1) is 0 Å². The highest BCUT2D eigenvalue weighted by Crippen LogP contribution is 2.08. The van der Waals surface area contributed by atoms with Crippen LogP contribution in [-0.2, 0) is 20.6 Å². The monoisotopic (exact) mass is 298 g/mol. The number of carboxylic acids is 1. The minimum Gasteiger partial charge on any atom is -0.480 e. The van der Waals surface area contributed by atoms with Gasteiger partial charge in [0.1, 0.15) is 6.04 Å². The van der Waals surface area contributed by atoms with Crippen LogP contribution in [0, 0.1) is 11.3 Å². The molecule has 8 heteroatoms. The molecule has 0 spiro atoms. The SMILES string of the molecule is N#Cc1ccc(CS(=O)(=O)N[C@H](CCO)C(=O)O)cc1. The van der Waals surface area contributed by atoms with Gasteiger partial charge in [0.25, 0.3) is 0 Å². The third-order valence-corrected chi connectivity index (χ3v) is 3.83. The molecule has 0 radical (unpaired) electrons. The Labute approximate surface area is 116 Å². The lowest BCUT2D eigenvalue weighted by Gasteiger charge is -2.13. The molecule has 0 aliphatic heterocycles. The fraction of sp³-hybridized carbons (Fsp3) is 0.333. The van der Waals surface area contributed by atoms with Gasteiger partial charge in [-0.05, 0) is 24.1 Å². The summed E-state index contributed by atoms with van der Waals surface area (Å²) < 4.78 is 25.7. The zero-order valence-corrected chi connectivity index (χ0v) is 11.3. The molecule has 3 N–H and O–H groups in total. The molecule has 108 valence electrons. The quantitative estimate of drug-likeness (QED) is 0.640. The molecular formula is C12H14N2O5S. The third kappa shape index (κ3) is 4.97. The predicted octanol–water partition coefficient (Wildman–Crippen LogP) is -0.187. The van der Waals surface area contributed by atoms with Crippen molar-refractivity contribution in [2.45, 2.75) is 18.2 Å². The van der Waals surface area contributed by atoms with Crippen molar-refractivity contribution in [3.63, 3.8) is 0 Å². The van der Waals surface area contributed by atoms with E-state index < -0.39 is 34.4 Å². The van der Waals surface area contributed by atoms with Crippen LogP contribution in [0.1, 0.15) is 17.5 Å². The molecule has 0 unspecified atom stereocenters. The molecule has 0 aliphatic carbocycles. The number of benzene rings is 1. The highest BCUT2D eigenvalue weighted by atomic mass is 32.2. The lowest BCUT2D eigenvalue weighted by atomic mass is 10.2.